The van der Waals surface area contributed by atoms with Crippen LogP contribution in [0.3, 0.4) is 0 Å². The van der Waals surface area contributed by atoms with Gasteiger partial charge in [-0.3, -0.25) is 4.79 Å². The number of carbonyl (C=O) groups excluding carboxylic acids is 1. The molecule has 0 unspecified atom stereocenters. The highest BCUT2D eigenvalue weighted by atomic mass is 28.4. The van der Waals surface area contributed by atoms with Crippen molar-refractivity contribution in [1.82, 2.24) is 0 Å². The first kappa shape index (κ1) is 17.9. The molecule has 0 heterocycles. The van der Waals surface area contributed by atoms with Gasteiger partial charge in [0.05, 0.1) is 12.0 Å². The van der Waals surface area contributed by atoms with Gasteiger partial charge in [0.15, 0.2) is 16.6 Å². The van der Waals surface area contributed by atoms with E-state index in [0.717, 1.165) is 12.5 Å². The van der Waals surface area contributed by atoms with E-state index < -0.39 is 16.6 Å². The third-order valence-corrected chi connectivity index (χ3v) is 9.02. The normalized spacial score (nSPS) is 13.6. The van der Waals surface area contributed by atoms with Crippen LogP contribution < -0.4 is 0 Å². The lowest BCUT2D eigenvalue weighted by Crippen LogP contribution is -2.43. The van der Waals surface area contributed by atoms with E-state index in [0.29, 0.717) is 6.61 Å². The summed E-state index contributed by atoms with van der Waals surface area (Å²) in [5, 5.41) is 0. The molecule has 0 fully saturated rings. The van der Waals surface area contributed by atoms with Crippen LogP contribution in [0, 0.1) is 5.41 Å². The Balaban J connectivity index is 4.16. The Morgan fingerprint density at radius 3 is 2.00 bits per heavy atom. The molecule has 0 atom stereocenters. The minimum atomic E-state index is -1.69. The Labute approximate surface area is 115 Å². The first-order valence-electron chi connectivity index (χ1n) is 6.77. The molecule has 0 saturated carbocycles. The molecule has 0 aliphatic heterocycles. The monoisotopic (exact) mass is 290 g/mol. The molecule has 0 aromatic carbocycles. The summed E-state index contributed by atoms with van der Waals surface area (Å²) in [6, 6.07) is 0.878. The number of esters is 1. The molecule has 0 rings (SSSR count). The summed E-state index contributed by atoms with van der Waals surface area (Å²) in [4.78, 5) is 11.8. The van der Waals surface area contributed by atoms with Gasteiger partial charge in [0.25, 0.3) is 0 Å². The molecule has 0 amide bonds. The van der Waals surface area contributed by atoms with E-state index in [9.17, 15) is 4.79 Å². The van der Waals surface area contributed by atoms with Gasteiger partial charge in [-0.15, -0.1) is 0 Å². The van der Waals surface area contributed by atoms with Crippen molar-refractivity contribution in [2.45, 2.75) is 66.0 Å². The minimum Gasteiger partial charge on any atom is -0.465 e. The maximum Gasteiger partial charge on any atom is 0.311 e. The number of hydrogen-bond acceptors (Lipinski definition) is 3. The Morgan fingerprint density at radius 1 is 1.11 bits per heavy atom. The molecule has 0 aromatic heterocycles. The Hall–Kier alpha value is -0.136. The summed E-state index contributed by atoms with van der Waals surface area (Å²) in [5.41, 5.74) is -0.370. The van der Waals surface area contributed by atoms with Crippen LogP contribution in [-0.2, 0) is 13.6 Å². The van der Waals surface area contributed by atoms with Gasteiger partial charge < -0.3 is 8.85 Å². The van der Waals surface area contributed by atoms with E-state index in [1.165, 1.54) is 0 Å². The summed E-state index contributed by atoms with van der Waals surface area (Å²) in [5.74, 6) is -0.0946. The highest BCUT2D eigenvalue weighted by molar-refractivity contribution is 6.84. The van der Waals surface area contributed by atoms with Crippen molar-refractivity contribution >= 4 is 22.6 Å². The zero-order chi connectivity index (χ0) is 14.6. The second-order valence-electron chi connectivity index (χ2n) is 7.10. The molecule has 0 aliphatic rings. The first-order valence-corrected chi connectivity index (χ1v) is 13.3. The van der Waals surface area contributed by atoms with Crippen molar-refractivity contribution in [2.24, 2.45) is 5.41 Å². The van der Waals surface area contributed by atoms with E-state index in [-0.39, 0.29) is 11.4 Å². The van der Waals surface area contributed by atoms with Gasteiger partial charge >= 0.3 is 5.97 Å². The molecular weight excluding hydrogens is 260 g/mol. The lowest BCUT2D eigenvalue weighted by Gasteiger charge is -2.31. The quantitative estimate of drug-likeness (QED) is 0.525. The van der Waals surface area contributed by atoms with Gasteiger partial charge in [0, 0.05) is 0 Å². The standard InChI is InChI=1S/C13H30O3Si2/c1-9-13(2,3)12(14)15-10-11-18(7,8)16-17(4,5)6/h9-11H2,1-8H3. The van der Waals surface area contributed by atoms with Crippen LogP contribution in [0.25, 0.3) is 0 Å². The molecule has 18 heavy (non-hydrogen) atoms. The molecule has 0 radical (unpaired) electrons. The minimum absolute atomic E-state index is 0.0946. The van der Waals surface area contributed by atoms with Crippen LogP contribution in [0.2, 0.25) is 38.8 Å². The van der Waals surface area contributed by atoms with Gasteiger partial charge in [-0.05, 0) is 59.0 Å². The van der Waals surface area contributed by atoms with Gasteiger partial charge in [-0.1, -0.05) is 6.92 Å². The summed E-state index contributed by atoms with van der Waals surface area (Å²) >= 11 is 0. The fourth-order valence-corrected chi connectivity index (χ4v) is 9.24. The molecule has 0 aliphatic carbocycles. The van der Waals surface area contributed by atoms with Crippen LogP contribution in [0.4, 0.5) is 0 Å². The predicted octanol–water partition coefficient (Wildman–Crippen LogP) is 4.02. The van der Waals surface area contributed by atoms with Gasteiger partial charge in [-0.2, -0.15) is 0 Å². The molecule has 5 heteroatoms. The van der Waals surface area contributed by atoms with E-state index >= 15 is 0 Å². The molecular formula is C13H30O3Si2. The summed E-state index contributed by atoms with van der Waals surface area (Å²) in [6.45, 7) is 17.4. The molecule has 108 valence electrons. The number of hydrogen-bond donors (Lipinski definition) is 0. The molecule has 0 N–H and O–H groups in total. The lowest BCUT2D eigenvalue weighted by molar-refractivity contribution is -0.153. The number of carbonyl (C=O) groups is 1. The van der Waals surface area contributed by atoms with Gasteiger partial charge in [0.1, 0.15) is 0 Å². The molecule has 0 saturated heterocycles. The molecule has 0 aromatic rings. The van der Waals surface area contributed by atoms with Crippen molar-refractivity contribution in [2.75, 3.05) is 6.61 Å². The topological polar surface area (TPSA) is 35.5 Å². The van der Waals surface area contributed by atoms with Gasteiger partial charge in [0.2, 0.25) is 0 Å². The Kier molecular flexibility index (Phi) is 6.30. The highest BCUT2D eigenvalue weighted by Crippen LogP contribution is 2.23. The second-order valence-corrected chi connectivity index (χ2v) is 16.2. The zero-order valence-corrected chi connectivity index (χ0v) is 15.3. The van der Waals surface area contributed by atoms with Crippen LogP contribution in [-0.4, -0.2) is 29.2 Å². The van der Waals surface area contributed by atoms with Crippen molar-refractivity contribution in [3.8, 4) is 0 Å². The maximum atomic E-state index is 11.8. The second kappa shape index (κ2) is 6.34. The average molecular weight is 291 g/mol. The predicted molar refractivity (Wildman–Crippen MR) is 81.8 cm³/mol. The van der Waals surface area contributed by atoms with Crippen molar-refractivity contribution in [1.29, 1.82) is 0 Å². The van der Waals surface area contributed by atoms with Crippen molar-refractivity contribution in [3.63, 3.8) is 0 Å². The lowest BCUT2D eigenvalue weighted by atomic mass is 9.91. The largest absolute Gasteiger partial charge is 0.465 e. The van der Waals surface area contributed by atoms with E-state index in [1.807, 2.05) is 20.8 Å². The average Bonchev–Trinajstić information content (AvgIpc) is 2.13. The summed E-state index contributed by atoms with van der Waals surface area (Å²) in [7, 11) is -3.18. The Morgan fingerprint density at radius 2 is 1.61 bits per heavy atom. The van der Waals surface area contributed by atoms with E-state index in [2.05, 4.69) is 32.7 Å². The van der Waals surface area contributed by atoms with Crippen LogP contribution in [0.15, 0.2) is 0 Å². The van der Waals surface area contributed by atoms with Crippen LogP contribution in [0.5, 0.6) is 0 Å². The zero-order valence-electron chi connectivity index (χ0n) is 13.3. The fourth-order valence-electron chi connectivity index (χ4n) is 1.61. The third-order valence-electron chi connectivity index (χ3n) is 2.96. The van der Waals surface area contributed by atoms with Crippen LogP contribution in [0.1, 0.15) is 27.2 Å². The smallest absolute Gasteiger partial charge is 0.311 e. The van der Waals surface area contributed by atoms with Crippen LogP contribution >= 0.6 is 0 Å². The highest BCUT2D eigenvalue weighted by Gasteiger charge is 2.31. The van der Waals surface area contributed by atoms with Gasteiger partial charge in [-0.25, -0.2) is 0 Å². The number of rotatable bonds is 7. The summed E-state index contributed by atoms with van der Waals surface area (Å²) in [6.07, 6.45) is 0.804. The Bertz CT molecular complexity index is 280. The molecule has 0 spiro atoms. The molecule has 0 bridgehead atoms. The SMILES string of the molecule is CCC(C)(C)C(=O)OCC[Si](C)(C)O[Si](C)(C)C. The fraction of sp³-hybridized carbons (Fsp3) is 0.923. The molecule has 3 nitrogen and oxygen atoms in total. The maximum absolute atomic E-state index is 11.8. The number of ether oxygens (including phenoxy) is 1. The van der Waals surface area contributed by atoms with E-state index in [1.54, 1.807) is 0 Å². The van der Waals surface area contributed by atoms with Crippen molar-refractivity contribution < 1.29 is 13.6 Å². The summed E-state index contributed by atoms with van der Waals surface area (Å²) < 4.78 is 11.6. The third kappa shape index (κ3) is 7.33. The van der Waals surface area contributed by atoms with Crippen molar-refractivity contribution in [3.05, 3.63) is 0 Å². The first-order chi connectivity index (χ1) is 7.90. The van der Waals surface area contributed by atoms with E-state index in [4.69, 9.17) is 8.85 Å².